The van der Waals surface area contributed by atoms with Crippen molar-refractivity contribution in [2.45, 2.75) is 13.5 Å². The molecule has 0 unspecified atom stereocenters. The smallest absolute Gasteiger partial charge is 0.373 e. The largest absolute Gasteiger partial charge is 0.463 e. The van der Waals surface area contributed by atoms with Crippen molar-refractivity contribution in [2.75, 3.05) is 20.2 Å². The molecule has 0 aliphatic carbocycles. The molecule has 0 aromatic carbocycles. The minimum absolute atomic E-state index is 0.0576. The molecule has 0 radical (unpaired) electrons. The Bertz CT molecular complexity index is 387. The molecule has 1 amide bonds. The van der Waals surface area contributed by atoms with Crippen LogP contribution in [0.1, 0.15) is 23.2 Å². The monoisotopic (exact) mass is 240 g/mol. The Morgan fingerprint density at radius 1 is 1.35 bits per heavy atom. The van der Waals surface area contributed by atoms with E-state index in [4.69, 9.17) is 4.42 Å². The van der Waals surface area contributed by atoms with Crippen LogP contribution in [0.15, 0.2) is 16.5 Å². The zero-order valence-electron chi connectivity index (χ0n) is 9.91. The number of carbonyl (C=O) groups is 2. The van der Waals surface area contributed by atoms with E-state index in [2.05, 4.69) is 15.4 Å². The van der Waals surface area contributed by atoms with Crippen LogP contribution >= 0.6 is 0 Å². The normalized spacial score (nSPS) is 10.0. The van der Waals surface area contributed by atoms with Gasteiger partial charge in [0.15, 0.2) is 0 Å². The number of rotatable bonds is 6. The fraction of sp³-hybridized carbons (Fsp3) is 0.455. The van der Waals surface area contributed by atoms with E-state index in [1.54, 1.807) is 12.1 Å². The van der Waals surface area contributed by atoms with Crippen molar-refractivity contribution in [1.82, 2.24) is 10.6 Å². The van der Waals surface area contributed by atoms with Crippen molar-refractivity contribution < 1.29 is 18.7 Å². The molecule has 6 nitrogen and oxygen atoms in total. The average Bonchev–Trinajstić information content (AvgIpc) is 2.76. The lowest BCUT2D eigenvalue weighted by molar-refractivity contribution is -0.118. The third-order valence-electron chi connectivity index (χ3n) is 2.02. The molecule has 17 heavy (non-hydrogen) atoms. The summed E-state index contributed by atoms with van der Waals surface area (Å²) in [6, 6.07) is 3.27. The third kappa shape index (κ3) is 4.69. The first kappa shape index (κ1) is 13.2. The highest BCUT2D eigenvalue weighted by Crippen LogP contribution is 2.08. The summed E-state index contributed by atoms with van der Waals surface area (Å²) in [7, 11) is 1.30. The molecule has 0 spiro atoms. The van der Waals surface area contributed by atoms with Gasteiger partial charge >= 0.3 is 5.97 Å². The van der Waals surface area contributed by atoms with Gasteiger partial charge in [0.1, 0.15) is 5.76 Å². The molecule has 0 saturated carbocycles. The van der Waals surface area contributed by atoms with Crippen molar-refractivity contribution in [1.29, 1.82) is 0 Å². The second-order valence-corrected chi connectivity index (χ2v) is 3.42. The van der Waals surface area contributed by atoms with Crippen molar-refractivity contribution >= 4 is 11.9 Å². The van der Waals surface area contributed by atoms with E-state index >= 15 is 0 Å². The molecule has 0 bridgehead atoms. The van der Waals surface area contributed by atoms with E-state index < -0.39 is 5.97 Å². The number of ether oxygens (including phenoxy) is 1. The SMILES string of the molecule is COC(=O)c1ccc(CNCCNC(C)=O)o1. The zero-order valence-corrected chi connectivity index (χ0v) is 9.91. The van der Waals surface area contributed by atoms with Crippen LogP contribution in [0.2, 0.25) is 0 Å². The maximum atomic E-state index is 11.1. The molecule has 0 atom stereocenters. The Balaban J connectivity index is 2.25. The van der Waals surface area contributed by atoms with Crippen LogP contribution in [-0.2, 0) is 16.1 Å². The maximum absolute atomic E-state index is 11.1. The zero-order chi connectivity index (χ0) is 12.7. The number of esters is 1. The molecule has 0 aliphatic heterocycles. The fourth-order valence-electron chi connectivity index (χ4n) is 1.22. The van der Waals surface area contributed by atoms with Gasteiger partial charge in [-0.1, -0.05) is 0 Å². The minimum atomic E-state index is -0.491. The molecule has 1 heterocycles. The number of carbonyl (C=O) groups excluding carboxylic acids is 2. The first-order chi connectivity index (χ1) is 8.13. The van der Waals surface area contributed by atoms with Crippen molar-refractivity contribution in [3.8, 4) is 0 Å². The summed E-state index contributed by atoms with van der Waals surface area (Å²) in [5.41, 5.74) is 0. The summed E-state index contributed by atoms with van der Waals surface area (Å²) >= 11 is 0. The molecule has 0 fully saturated rings. The van der Waals surface area contributed by atoms with E-state index in [9.17, 15) is 9.59 Å². The lowest BCUT2D eigenvalue weighted by atomic mass is 10.4. The van der Waals surface area contributed by atoms with Crippen LogP contribution in [-0.4, -0.2) is 32.1 Å². The molecule has 1 aromatic heterocycles. The Morgan fingerprint density at radius 2 is 2.12 bits per heavy atom. The van der Waals surface area contributed by atoms with Crippen LogP contribution in [0, 0.1) is 0 Å². The summed E-state index contributed by atoms with van der Waals surface area (Å²) in [4.78, 5) is 21.7. The lowest BCUT2D eigenvalue weighted by Gasteiger charge is -2.03. The summed E-state index contributed by atoms with van der Waals surface area (Å²) in [5, 5.41) is 5.72. The Kier molecular flexibility index (Phi) is 5.22. The summed E-state index contributed by atoms with van der Waals surface area (Å²) in [6.07, 6.45) is 0. The predicted octanol–water partition coefficient (Wildman–Crippen LogP) is 0.292. The van der Waals surface area contributed by atoms with Crippen LogP contribution in [0.4, 0.5) is 0 Å². The van der Waals surface area contributed by atoms with Gasteiger partial charge in [-0.25, -0.2) is 4.79 Å². The molecule has 1 aromatic rings. The Labute approximate surface area is 99.3 Å². The van der Waals surface area contributed by atoms with Gasteiger partial charge in [0, 0.05) is 20.0 Å². The maximum Gasteiger partial charge on any atom is 0.373 e. The van der Waals surface area contributed by atoms with Crippen LogP contribution in [0.5, 0.6) is 0 Å². The number of hydrogen-bond acceptors (Lipinski definition) is 5. The van der Waals surface area contributed by atoms with Crippen molar-refractivity contribution in [3.05, 3.63) is 23.7 Å². The van der Waals surface area contributed by atoms with Gasteiger partial charge < -0.3 is 19.8 Å². The lowest BCUT2D eigenvalue weighted by Crippen LogP contribution is -2.29. The summed E-state index contributed by atoms with van der Waals surface area (Å²) < 4.78 is 9.76. The predicted molar refractivity (Wildman–Crippen MR) is 60.4 cm³/mol. The molecule has 94 valence electrons. The highest BCUT2D eigenvalue weighted by atomic mass is 16.5. The van der Waals surface area contributed by atoms with Crippen molar-refractivity contribution in [2.24, 2.45) is 0 Å². The van der Waals surface area contributed by atoms with E-state index in [0.29, 0.717) is 25.4 Å². The molecule has 2 N–H and O–H groups in total. The van der Waals surface area contributed by atoms with Gasteiger partial charge in [-0.05, 0) is 12.1 Å². The summed E-state index contributed by atoms with van der Waals surface area (Å²) in [5.74, 6) is 0.284. The average molecular weight is 240 g/mol. The van der Waals surface area contributed by atoms with Crippen LogP contribution < -0.4 is 10.6 Å². The van der Waals surface area contributed by atoms with Gasteiger partial charge in [-0.2, -0.15) is 0 Å². The molecular formula is C11H16N2O4. The van der Waals surface area contributed by atoms with E-state index in [0.717, 1.165) is 0 Å². The third-order valence-corrected chi connectivity index (χ3v) is 2.02. The topological polar surface area (TPSA) is 80.6 Å². The second-order valence-electron chi connectivity index (χ2n) is 3.42. The molecule has 6 heteroatoms. The molecular weight excluding hydrogens is 224 g/mol. The van der Waals surface area contributed by atoms with E-state index in [1.807, 2.05) is 0 Å². The molecule has 1 rings (SSSR count). The van der Waals surface area contributed by atoms with Gasteiger partial charge in [-0.15, -0.1) is 0 Å². The first-order valence-corrected chi connectivity index (χ1v) is 5.25. The van der Waals surface area contributed by atoms with Gasteiger partial charge in [-0.3, -0.25) is 4.79 Å². The van der Waals surface area contributed by atoms with Gasteiger partial charge in [0.2, 0.25) is 11.7 Å². The Hall–Kier alpha value is -1.82. The van der Waals surface area contributed by atoms with E-state index in [1.165, 1.54) is 14.0 Å². The minimum Gasteiger partial charge on any atom is -0.463 e. The van der Waals surface area contributed by atoms with Crippen LogP contribution in [0.3, 0.4) is 0 Å². The quantitative estimate of drug-likeness (QED) is 0.552. The van der Waals surface area contributed by atoms with Crippen LogP contribution in [0.25, 0.3) is 0 Å². The first-order valence-electron chi connectivity index (χ1n) is 5.25. The molecule has 0 aliphatic rings. The van der Waals surface area contributed by atoms with Gasteiger partial charge in [0.05, 0.1) is 13.7 Å². The number of amides is 1. The Morgan fingerprint density at radius 3 is 2.76 bits per heavy atom. The molecule has 0 saturated heterocycles. The fourth-order valence-corrected chi connectivity index (χ4v) is 1.22. The number of methoxy groups -OCH3 is 1. The number of hydrogen-bond donors (Lipinski definition) is 2. The number of furan rings is 1. The highest BCUT2D eigenvalue weighted by molar-refractivity contribution is 5.86. The second kappa shape index (κ2) is 6.70. The summed E-state index contributed by atoms with van der Waals surface area (Å²) in [6.45, 7) is 3.15. The highest BCUT2D eigenvalue weighted by Gasteiger charge is 2.10. The van der Waals surface area contributed by atoms with Crippen molar-refractivity contribution in [3.63, 3.8) is 0 Å². The standard InChI is InChI=1S/C11H16N2O4/c1-8(14)13-6-5-12-7-9-3-4-10(17-9)11(15)16-2/h3-4,12H,5-7H2,1-2H3,(H,13,14). The number of nitrogens with one attached hydrogen (secondary N) is 2. The van der Waals surface area contributed by atoms with Gasteiger partial charge in [0.25, 0.3) is 0 Å². The van der Waals surface area contributed by atoms with E-state index in [-0.39, 0.29) is 11.7 Å².